The maximum absolute atomic E-state index is 3.84. The van der Waals surface area contributed by atoms with Crippen LogP contribution in [0.2, 0.25) is 0 Å². The summed E-state index contributed by atoms with van der Waals surface area (Å²) < 4.78 is 1.79. The van der Waals surface area contributed by atoms with E-state index in [4.69, 9.17) is 0 Å². The fourth-order valence-electron chi connectivity index (χ4n) is 0.822. The summed E-state index contributed by atoms with van der Waals surface area (Å²) in [5.41, 5.74) is 0. The lowest BCUT2D eigenvalue weighted by atomic mass is 10.5. The molecule has 0 aliphatic heterocycles. The van der Waals surface area contributed by atoms with Crippen LogP contribution in [0, 0.1) is 6.20 Å². The van der Waals surface area contributed by atoms with E-state index in [0.717, 1.165) is 25.3 Å². The predicted molar refractivity (Wildman–Crippen MR) is 43.3 cm³/mol. The molecular weight excluding hydrogens is 140 g/mol. The Bertz CT molecular complexity index is 206. The molecule has 1 N–H and O–H groups in total. The van der Waals surface area contributed by atoms with E-state index in [1.807, 2.05) is 6.92 Å². The molecule has 0 atom stereocenters. The van der Waals surface area contributed by atoms with Crippen molar-refractivity contribution in [2.45, 2.75) is 26.8 Å². The normalized spacial score (nSPS) is 10.0. The van der Waals surface area contributed by atoms with Gasteiger partial charge in [0.25, 0.3) is 0 Å². The Morgan fingerprint density at radius 2 is 2.36 bits per heavy atom. The van der Waals surface area contributed by atoms with Gasteiger partial charge in [-0.25, -0.2) is 4.68 Å². The molecule has 0 bridgehead atoms. The van der Waals surface area contributed by atoms with Crippen molar-refractivity contribution in [3.05, 3.63) is 6.20 Å². The van der Waals surface area contributed by atoms with Crippen LogP contribution in [0.5, 0.6) is 0 Å². The Kier molecular flexibility index (Phi) is 2.89. The number of aryl methyl sites for hydroxylation is 1. The van der Waals surface area contributed by atoms with Gasteiger partial charge in [0.15, 0.2) is 12.0 Å². The molecule has 1 heterocycles. The van der Waals surface area contributed by atoms with Gasteiger partial charge in [-0.3, -0.25) is 0 Å². The molecule has 11 heavy (non-hydrogen) atoms. The molecule has 1 aromatic heterocycles. The molecule has 1 radical (unpaired) electrons. The molecule has 1 aromatic rings. The van der Waals surface area contributed by atoms with Crippen molar-refractivity contribution in [1.82, 2.24) is 15.0 Å². The molecule has 1 rings (SSSR count). The first-order valence-corrected chi connectivity index (χ1v) is 3.93. The maximum Gasteiger partial charge on any atom is 0.161 e. The van der Waals surface area contributed by atoms with E-state index in [1.165, 1.54) is 0 Å². The van der Waals surface area contributed by atoms with Crippen LogP contribution in [0.25, 0.3) is 0 Å². The Labute approximate surface area is 66.6 Å². The standard InChI is InChI=1S/C7H13N4/c1-3-5-8-7-6-9-10-11(7)4-2/h8H,3-5H2,1-2H3. The molecule has 0 aliphatic rings. The highest BCUT2D eigenvalue weighted by atomic mass is 15.4. The first-order chi connectivity index (χ1) is 5.38. The summed E-state index contributed by atoms with van der Waals surface area (Å²) in [5.74, 6) is 0.884. The quantitative estimate of drug-likeness (QED) is 0.699. The minimum Gasteiger partial charge on any atom is -0.368 e. The third-order valence-electron chi connectivity index (χ3n) is 1.41. The Hall–Kier alpha value is -1.06. The average molecular weight is 153 g/mol. The maximum atomic E-state index is 3.84. The minimum absolute atomic E-state index is 0.836. The van der Waals surface area contributed by atoms with Crippen molar-refractivity contribution in [2.75, 3.05) is 11.9 Å². The van der Waals surface area contributed by atoms with Crippen LogP contribution < -0.4 is 5.32 Å². The summed E-state index contributed by atoms with van der Waals surface area (Å²) in [5, 5.41) is 10.7. The van der Waals surface area contributed by atoms with Crippen molar-refractivity contribution in [2.24, 2.45) is 0 Å². The van der Waals surface area contributed by atoms with Gasteiger partial charge in [-0.05, 0) is 13.3 Å². The Morgan fingerprint density at radius 3 is 3.00 bits per heavy atom. The first-order valence-electron chi connectivity index (χ1n) is 3.93. The highest BCUT2D eigenvalue weighted by Gasteiger charge is 1.98. The zero-order chi connectivity index (χ0) is 8.10. The van der Waals surface area contributed by atoms with Gasteiger partial charge in [0.05, 0.1) is 0 Å². The number of hydrogen-bond donors (Lipinski definition) is 1. The summed E-state index contributed by atoms with van der Waals surface area (Å²) in [6.45, 7) is 5.93. The molecule has 4 heteroatoms. The number of nitrogens with zero attached hydrogens (tertiary/aromatic N) is 3. The zero-order valence-electron chi connectivity index (χ0n) is 6.96. The first kappa shape index (κ1) is 8.04. The van der Waals surface area contributed by atoms with Gasteiger partial charge < -0.3 is 5.32 Å². The van der Waals surface area contributed by atoms with E-state index in [-0.39, 0.29) is 0 Å². The van der Waals surface area contributed by atoms with E-state index < -0.39 is 0 Å². The Morgan fingerprint density at radius 1 is 1.55 bits per heavy atom. The fourth-order valence-corrected chi connectivity index (χ4v) is 0.822. The molecule has 4 nitrogen and oxygen atoms in total. The van der Waals surface area contributed by atoms with Crippen molar-refractivity contribution in [3.63, 3.8) is 0 Å². The van der Waals surface area contributed by atoms with Crippen molar-refractivity contribution >= 4 is 5.82 Å². The molecule has 0 unspecified atom stereocenters. The van der Waals surface area contributed by atoms with E-state index in [0.29, 0.717) is 0 Å². The fraction of sp³-hybridized carbons (Fsp3) is 0.714. The van der Waals surface area contributed by atoms with Gasteiger partial charge in [-0.1, -0.05) is 12.1 Å². The van der Waals surface area contributed by atoms with Gasteiger partial charge in [0, 0.05) is 13.1 Å². The largest absolute Gasteiger partial charge is 0.368 e. The van der Waals surface area contributed by atoms with Crippen LogP contribution in [0.4, 0.5) is 5.82 Å². The van der Waals surface area contributed by atoms with Crippen LogP contribution in [0.3, 0.4) is 0 Å². The van der Waals surface area contributed by atoms with Crippen LogP contribution >= 0.6 is 0 Å². The third-order valence-corrected chi connectivity index (χ3v) is 1.41. The summed E-state index contributed by atoms with van der Waals surface area (Å²) in [6, 6.07) is 0. The summed E-state index contributed by atoms with van der Waals surface area (Å²) >= 11 is 0. The SMILES string of the molecule is CCCNc1[c]nnn1CC. The smallest absolute Gasteiger partial charge is 0.161 e. The van der Waals surface area contributed by atoms with Crippen LogP contribution in [-0.2, 0) is 6.54 Å². The van der Waals surface area contributed by atoms with E-state index >= 15 is 0 Å². The van der Waals surface area contributed by atoms with Gasteiger partial charge in [-0.2, -0.15) is 0 Å². The van der Waals surface area contributed by atoms with Crippen molar-refractivity contribution < 1.29 is 0 Å². The van der Waals surface area contributed by atoms with E-state index in [9.17, 15) is 0 Å². The second kappa shape index (κ2) is 3.95. The number of anilines is 1. The lowest BCUT2D eigenvalue weighted by Crippen LogP contribution is -2.07. The highest BCUT2D eigenvalue weighted by molar-refractivity contribution is 5.28. The molecule has 0 amide bonds. The molecular formula is C7H13N4. The molecule has 0 saturated carbocycles. The molecule has 61 valence electrons. The molecule has 0 fully saturated rings. The predicted octanol–water partition coefficient (Wildman–Crippen LogP) is 0.920. The number of rotatable bonds is 4. The van der Waals surface area contributed by atoms with E-state index in [1.54, 1.807) is 4.68 Å². The monoisotopic (exact) mass is 153 g/mol. The number of nitrogens with one attached hydrogen (secondary N) is 1. The zero-order valence-corrected chi connectivity index (χ0v) is 6.96. The third kappa shape index (κ3) is 1.93. The second-order valence-electron chi connectivity index (χ2n) is 2.29. The minimum atomic E-state index is 0.836. The second-order valence-corrected chi connectivity index (χ2v) is 2.29. The summed E-state index contributed by atoms with van der Waals surface area (Å²) in [6.07, 6.45) is 3.88. The molecule has 0 saturated heterocycles. The van der Waals surface area contributed by atoms with Crippen LogP contribution in [0.15, 0.2) is 0 Å². The average Bonchev–Trinajstić information content (AvgIpc) is 2.47. The van der Waals surface area contributed by atoms with Crippen LogP contribution in [-0.4, -0.2) is 21.5 Å². The molecule has 0 aliphatic carbocycles. The van der Waals surface area contributed by atoms with Crippen molar-refractivity contribution in [1.29, 1.82) is 0 Å². The Balaban J connectivity index is 2.54. The van der Waals surface area contributed by atoms with E-state index in [2.05, 4.69) is 28.7 Å². The van der Waals surface area contributed by atoms with Crippen LogP contribution in [0.1, 0.15) is 20.3 Å². The molecule has 0 aromatic carbocycles. The number of aromatic nitrogens is 3. The molecule has 0 spiro atoms. The van der Waals surface area contributed by atoms with Gasteiger partial charge in [0.1, 0.15) is 0 Å². The highest BCUT2D eigenvalue weighted by Crippen LogP contribution is 2.01. The summed E-state index contributed by atoms with van der Waals surface area (Å²) in [7, 11) is 0. The van der Waals surface area contributed by atoms with Gasteiger partial charge in [-0.15, -0.1) is 5.10 Å². The number of hydrogen-bond acceptors (Lipinski definition) is 3. The van der Waals surface area contributed by atoms with Gasteiger partial charge >= 0.3 is 0 Å². The van der Waals surface area contributed by atoms with Gasteiger partial charge in [0.2, 0.25) is 0 Å². The lowest BCUT2D eigenvalue weighted by molar-refractivity contribution is 0.630. The topological polar surface area (TPSA) is 42.7 Å². The summed E-state index contributed by atoms with van der Waals surface area (Å²) in [4.78, 5) is 0. The van der Waals surface area contributed by atoms with Crippen molar-refractivity contribution in [3.8, 4) is 0 Å². The lowest BCUT2D eigenvalue weighted by Gasteiger charge is -2.03.